The van der Waals surface area contributed by atoms with Crippen LogP contribution in [0, 0.1) is 17.9 Å². The number of aryl methyl sites for hydroxylation is 2. The van der Waals surface area contributed by atoms with E-state index in [0.717, 1.165) is 64.5 Å². The molecule has 0 aliphatic heterocycles. The molecule has 0 atom stereocenters. The number of hydrogen-bond donors (Lipinski definition) is 1. The number of benzene rings is 3. The Morgan fingerprint density at radius 2 is 1.46 bits per heavy atom. The molecule has 3 aromatic carbocycles. The summed E-state index contributed by atoms with van der Waals surface area (Å²) in [5.41, 5.74) is 7.11. The van der Waals surface area contributed by atoms with Gasteiger partial charge in [0.2, 0.25) is 0 Å². The van der Waals surface area contributed by atoms with Crippen LogP contribution in [0.2, 0.25) is 0 Å². The number of fused-ring (bicyclic) bond motifs is 2. The van der Waals surface area contributed by atoms with Crippen LogP contribution in [0.15, 0.2) is 83.5 Å². The van der Waals surface area contributed by atoms with Crippen molar-refractivity contribution in [3.63, 3.8) is 0 Å². The number of pyridine rings is 1. The number of aromatic nitrogens is 3. The summed E-state index contributed by atoms with van der Waals surface area (Å²) in [6.07, 6.45) is 6.75. The van der Waals surface area contributed by atoms with Crippen LogP contribution in [-0.2, 0) is 44.4 Å². The molecule has 0 unspecified atom stereocenters. The van der Waals surface area contributed by atoms with Crippen molar-refractivity contribution in [2.75, 3.05) is 0 Å². The number of nitrogens with zero attached hydrogens (tertiary/aromatic N) is 3. The van der Waals surface area contributed by atoms with Crippen LogP contribution >= 0.6 is 0 Å². The average molecular weight is 825 g/mol. The van der Waals surface area contributed by atoms with Crippen molar-refractivity contribution in [1.82, 2.24) is 14.1 Å². The molecule has 2 aromatic heterocycles. The van der Waals surface area contributed by atoms with Gasteiger partial charge in [-0.25, -0.2) is 4.79 Å². The second kappa shape index (κ2) is 16.5. The van der Waals surface area contributed by atoms with Gasteiger partial charge >= 0.3 is 5.69 Å². The summed E-state index contributed by atoms with van der Waals surface area (Å²) in [5, 5.41) is 12.1. The molecule has 1 N–H and O–H groups in total. The Morgan fingerprint density at radius 1 is 0.854 bits per heavy atom. The zero-order valence-electron chi connectivity index (χ0n) is 29.9. The van der Waals surface area contributed by atoms with Gasteiger partial charge in [-0.05, 0) is 60.4 Å². The fraction of sp³-hybridized carbons (Fsp3) is 0.390. The number of rotatable bonds is 9. The zero-order chi connectivity index (χ0) is 34.5. The molecular weight excluding hydrogens is 775 g/mol. The number of carbonyl (C=O) groups excluding carboxylic acids is 1. The van der Waals surface area contributed by atoms with E-state index >= 15 is 0 Å². The van der Waals surface area contributed by atoms with Crippen LogP contribution in [0.3, 0.4) is 0 Å². The van der Waals surface area contributed by atoms with Gasteiger partial charge < -0.3 is 5.11 Å². The standard InChI is InChI=1S/C28H26N3O.C13H24O2.Ir/c1-28(2,3)23-15-21(14-20-8-6-7-9-22(20)23)24-16-19(12-13-29-24)18-10-11-25-26(17-18)31(5)27(32)30(25)4;1-5-10(6-2)12(14)9-13(15)11(7-3)8-4;/h6-13,15-17H,1-5H3;9-11,14H,5-8H2,1-4H3;/q-1;;/b;12-9-;. The van der Waals surface area contributed by atoms with Gasteiger partial charge in [0.15, 0.2) is 5.78 Å². The van der Waals surface area contributed by atoms with Gasteiger partial charge in [0.05, 0.1) is 16.8 Å². The molecule has 48 heavy (non-hydrogen) atoms. The van der Waals surface area contributed by atoms with Crippen molar-refractivity contribution in [3.8, 4) is 22.4 Å². The third-order valence-electron chi connectivity index (χ3n) is 9.31. The molecule has 6 nitrogen and oxygen atoms in total. The monoisotopic (exact) mass is 825 g/mol. The first kappa shape index (κ1) is 38.6. The summed E-state index contributed by atoms with van der Waals surface area (Å²) in [5.74, 6) is 0.547. The second-order valence-corrected chi connectivity index (χ2v) is 13.4. The number of ketones is 1. The van der Waals surface area contributed by atoms with Crippen LogP contribution < -0.4 is 5.69 Å². The molecule has 257 valence electrons. The van der Waals surface area contributed by atoms with E-state index in [1.807, 2.05) is 53.1 Å². The second-order valence-electron chi connectivity index (χ2n) is 13.4. The third kappa shape index (κ3) is 8.43. The van der Waals surface area contributed by atoms with Crippen LogP contribution in [-0.4, -0.2) is 25.0 Å². The molecule has 0 saturated carbocycles. The molecule has 0 saturated heterocycles. The van der Waals surface area contributed by atoms with Crippen molar-refractivity contribution in [3.05, 3.63) is 101 Å². The van der Waals surface area contributed by atoms with Crippen LogP contribution in [0.1, 0.15) is 79.7 Å². The topological polar surface area (TPSA) is 77.1 Å². The number of aliphatic hydroxyl groups excluding tert-OH is 1. The normalized spacial score (nSPS) is 11.9. The van der Waals surface area contributed by atoms with Gasteiger partial charge in [0.25, 0.3) is 0 Å². The zero-order valence-corrected chi connectivity index (χ0v) is 32.2. The molecular formula is C41H50IrN3O3-. The van der Waals surface area contributed by atoms with E-state index in [2.05, 4.69) is 80.4 Å². The fourth-order valence-corrected chi connectivity index (χ4v) is 6.21. The smallest absolute Gasteiger partial charge is 0.328 e. The molecule has 1 radical (unpaired) electrons. The van der Waals surface area contributed by atoms with E-state index in [0.29, 0.717) is 0 Å². The maximum atomic E-state index is 12.3. The van der Waals surface area contributed by atoms with E-state index in [-0.39, 0.29) is 54.6 Å². The van der Waals surface area contributed by atoms with Crippen molar-refractivity contribution >= 4 is 27.6 Å². The summed E-state index contributed by atoms with van der Waals surface area (Å²) in [7, 11) is 3.61. The largest absolute Gasteiger partial charge is 0.512 e. The molecule has 5 aromatic rings. The van der Waals surface area contributed by atoms with E-state index in [4.69, 9.17) is 0 Å². The van der Waals surface area contributed by atoms with Crippen molar-refractivity contribution in [2.24, 2.45) is 25.9 Å². The molecule has 0 spiro atoms. The molecule has 0 fully saturated rings. The molecule has 0 amide bonds. The minimum Gasteiger partial charge on any atom is -0.512 e. The fourth-order valence-electron chi connectivity index (χ4n) is 6.21. The van der Waals surface area contributed by atoms with Gasteiger partial charge in [0, 0.05) is 64.0 Å². The van der Waals surface area contributed by atoms with E-state index < -0.39 is 0 Å². The van der Waals surface area contributed by atoms with Crippen LogP contribution in [0.25, 0.3) is 44.2 Å². The van der Waals surface area contributed by atoms with Gasteiger partial charge in [0.1, 0.15) is 0 Å². The maximum absolute atomic E-state index is 12.3. The van der Waals surface area contributed by atoms with Crippen LogP contribution in [0.5, 0.6) is 0 Å². The summed E-state index contributed by atoms with van der Waals surface area (Å²) >= 11 is 0. The number of aliphatic hydroxyl groups is 1. The molecule has 7 heteroatoms. The summed E-state index contributed by atoms with van der Waals surface area (Å²) in [6.45, 7) is 14.8. The summed E-state index contributed by atoms with van der Waals surface area (Å²) in [6, 6.07) is 24.5. The van der Waals surface area contributed by atoms with Crippen LogP contribution in [0.4, 0.5) is 0 Å². The number of imidazole rings is 1. The predicted octanol–water partition coefficient (Wildman–Crippen LogP) is 9.72. The predicted molar refractivity (Wildman–Crippen MR) is 196 cm³/mol. The Morgan fingerprint density at radius 3 is 2.08 bits per heavy atom. The van der Waals surface area contributed by atoms with Gasteiger partial charge in [-0.1, -0.05) is 89.7 Å². The molecule has 5 rings (SSSR count). The minimum absolute atomic E-state index is 0. The van der Waals surface area contributed by atoms with Crippen molar-refractivity contribution < 1.29 is 30.0 Å². The first-order valence-corrected chi connectivity index (χ1v) is 16.9. The number of allylic oxidation sites excluding steroid dienone is 2. The number of carbonyl (C=O) groups is 1. The third-order valence-corrected chi connectivity index (χ3v) is 9.31. The van der Waals surface area contributed by atoms with E-state index in [9.17, 15) is 14.7 Å². The van der Waals surface area contributed by atoms with Gasteiger partial charge in [-0.2, -0.15) is 0 Å². The van der Waals surface area contributed by atoms with Crippen molar-refractivity contribution in [2.45, 2.75) is 79.6 Å². The minimum atomic E-state index is -0.0203. The summed E-state index contributed by atoms with van der Waals surface area (Å²) in [4.78, 5) is 28.7. The quantitative estimate of drug-likeness (QED) is 0.0913. The molecule has 0 aliphatic rings. The van der Waals surface area contributed by atoms with Gasteiger partial charge in [-0.3, -0.25) is 18.9 Å². The Kier molecular flexibility index (Phi) is 13.3. The Bertz CT molecular complexity index is 1950. The van der Waals surface area contributed by atoms with E-state index in [1.165, 1.54) is 17.0 Å². The maximum Gasteiger partial charge on any atom is 0.328 e. The first-order valence-electron chi connectivity index (χ1n) is 16.9. The average Bonchev–Trinajstić information content (AvgIpc) is 3.28. The molecule has 2 heterocycles. The van der Waals surface area contributed by atoms with Crippen molar-refractivity contribution in [1.29, 1.82) is 0 Å². The SMILES string of the molecule is CCC(CC)C(=O)/C=C(\O)C(CC)CC.Cn1c(=O)n(C)c2cc(-c3ccnc(-c4[c-]c5ccccc5c(C(C)(C)C)c4)c3)ccc21.[Ir]. The summed E-state index contributed by atoms with van der Waals surface area (Å²) < 4.78 is 3.36. The Hall–Kier alpha value is -3.80. The molecule has 0 bridgehead atoms. The molecule has 0 aliphatic carbocycles. The first-order chi connectivity index (χ1) is 22.3. The van der Waals surface area contributed by atoms with E-state index in [1.54, 1.807) is 16.2 Å². The Labute approximate surface area is 299 Å². The Balaban J connectivity index is 0.000000334. The van der Waals surface area contributed by atoms with Gasteiger partial charge in [-0.15, -0.1) is 29.1 Å². The number of hydrogen-bond acceptors (Lipinski definition) is 4.